The van der Waals surface area contributed by atoms with E-state index in [9.17, 15) is 18.8 Å². The number of rotatable bonds is 4. The van der Waals surface area contributed by atoms with E-state index < -0.39 is 40.2 Å². The molecule has 0 aromatic heterocycles. The number of esters is 1. The largest absolute Gasteiger partial charge is 0.425 e. The van der Waals surface area contributed by atoms with Gasteiger partial charge < -0.3 is 10.1 Å². The number of para-hydroxylation sites is 1. The van der Waals surface area contributed by atoms with Crippen molar-refractivity contribution in [1.29, 1.82) is 0 Å². The first-order chi connectivity index (χ1) is 15.3. The molecule has 1 fully saturated rings. The standard InChI is InChI=1S/C26H20FNO4/c1-15-7-13-18(14-8-15)28-23(30)26-21(19-5-3-4-6-20(19)32-24(26)31)25(26,2)22(29)16-9-11-17(27)12-10-16/h3-14,21H,1-2H3,(H,28,30)/t21-,25+,26-/m0/s1. The molecule has 0 saturated heterocycles. The molecule has 0 bridgehead atoms. The fourth-order valence-electron chi connectivity index (χ4n) is 5.02. The highest BCUT2D eigenvalue weighted by atomic mass is 19.1. The van der Waals surface area contributed by atoms with Crippen molar-refractivity contribution in [2.45, 2.75) is 19.8 Å². The Kier molecular flexibility index (Phi) is 4.31. The number of carbonyl (C=O) groups excluding carboxylic acids is 3. The number of benzene rings is 3. The third-order valence-electron chi connectivity index (χ3n) is 6.75. The van der Waals surface area contributed by atoms with Crippen LogP contribution in [0.5, 0.6) is 5.75 Å². The lowest BCUT2D eigenvalue weighted by atomic mass is 9.86. The van der Waals surface area contributed by atoms with Crippen LogP contribution in [0.2, 0.25) is 0 Å². The minimum Gasteiger partial charge on any atom is -0.425 e. The lowest BCUT2D eigenvalue weighted by molar-refractivity contribution is -0.147. The Balaban J connectivity index is 1.62. The number of Topliss-reactive ketones (excluding diaryl/α,β-unsaturated/α-hetero) is 1. The summed E-state index contributed by atoms with van der Waals surface area (Å²) in [6, 6.07) is 19.2. The van der Waals surface area contributed by atoms with Gasteiger partial charge in [0.1, 0.15) is 11.6 Å². The van der Waals surface area contributed by atoms with E-state index in [4.69, 9.17) is 4.74 Å². The number of fused-ring (bicyclic) bond motifs is 3. The molecule has 1 N–H and O–H groups in total. The average molecular weight is 429 g/mol. The van der Waals surface area contributed by atoms with Gasteiger partial charge in [-0.15, -0.1) is 0 Å². The molecule has 1 aliphatic carbocycles. The van der Waals surface area contributed by atoms with E-state index in [-0.39, 0.29) is 5.56 Å². The van der Waals surface area contributed by atoms with Crippen molar-refractivity contribution in [3.63, 3.8) is 0 Å². The van der Waals surface area contributed by atoms with Crippen molar-refractivity contribution in [1.82, 2.24) is 0 Å². The number of hydrogen-bond acceptors (Lipinski definition) is 4. The Labute approximate surface area is 184 Å². The van der Waals surface area contributed by atoms with Gasteiger partial charge in [-0.25, -0.2) is 4.39 Å². The third kappa shape index (κ3) is 2.59. The molecule has 0 radical (unpaired) electrons. The zero-order valence-corrected chi connectivity index (χ0v) is 17.5. The molecule has 5 nitrogen and oxygen atoms in total. The molecule has 3 atom stereocenters. The highest BCUT2D eigenvalue weighted by Gasteiger charge is 2.88. The number of ether oxygens (including phenoxy) is 1. The van der Waals surface area contributed by atoms with Crippen molar-refractivity contribution in [2.75, 3.05) is 5.32 Å². The first-order valence-corrected chi connectivity index (χ1v) is 10.3. The average Bonchev–Trinajstić information content (AvgIpc) is 3.39. The van der Waals surface area contributed by atoms with Crippen LogP contribution in [0.25, 0.3) is 0 Å². The summed E-state index contributed by atoms with van der Waals surface area (Å²) in [7, 11) is 0. The highest BCUT2D eigenvalue weighted by molar-refractivity contribution is 6.23. The summed E-state index contributed by atoms with van der Waals surface area (Å²) < 4.78 is 19.0. The first-order valence-electron chi connectivity index (χ1n) is 10.3. The van der Waals surface area contributed by atoms with E-state index in [0.717, 1.165) is 5.56 Å². The lowest BCUT2D eigenvalue weighted by Crippen LogP contribution is -2.42. The minimum absolute atomic E-state index is 0.232. The smallest absolute Gasteiger partial charge is 0.328 e. The number of ketones is 1. The van der Waals surface area contributed by atoms with Crippen LogP contribution in [-0.2, 0) is 9.59 Å². The topological polar surface area (TPSA) is 72.5 Å². The van der Waals surface area contributed by atoms with Crippen LogP contribution in [0.4, 0.5) is 10.1 Å². The van der Waals surface area contributed by atoms with Gasteiger partial charge in [0.05, 0.1) is 5.41 Å². The van der Waals surface area contributed by atoms with Gasteiger partial charge in [0.25, 0.3) is 0 Å². The van der Waals surface area contributed by atoms with Crippen LogP contribution in [0, 0.1) is 23.6 Å². The predicted molar refractivity (Wildman–Crippen MR) is 116 cm³/mol. The van der Waals surface area contributed by atoms with Crippen LogP contribution in [0.3, 0.4) is 0 Å². The third-order valence-corrected chi connectivity index (χ3v) is 6.75. The number of hydrogen-bond donors (Lipinski definition) is 1. The fourth-order valence-corrected chi connectivity index (χ4v) is 5.02. The number of amides is 1. The zero-order valence-electron chi connectivity index (χ0n) is 17.5. The van der Waals surface area contributed by atoms with Crippen LogP contribution in [0.15, 0.2) is 72.8 Å². The molecule has 0 unspecified atom stereocenters. The number of carbonyl (C=O) groups is 3. The number of aryl methyl sites for hydroxylation is 1. The number of halogens is 1. The monoisotopic (exact) mass is 429 g/mol. The van der Waals surface area contributed by atoms with Crippen molar-refractivity contribution in [3.05, 3.63) is 95.3 Å². The van der Waals surface area contributed by atoms with E-state index in [1.54, 1.807) is 43.3 Å². The van der Waals surface area contributed by atoms with Crippen LogP contribution >= 0.6 is 0 Å². The van der Waals surface area contributed by atoms with E-state index in [1.165, 1.54) is 24.3 Å². The summed E-state index contributed by atoms with van der Waals surface area (Å²) in [6.07, 6.45) is 0. The van der Waals surface area contributed by atoms with Gasteiger partial charge in [0.15, 0.2) is 11.2 Å². The maximum atomic E-state index is 13.7. The molecule has 160 valence electrons. The van der Waals surface area contributed by atoms with Gasteiger partial charge >= 0.3 is 5.97 Å². The Bertz CT molecular complexity index is 1270. The van der Waals surface area contributed by atoms with Crippen molar-refractivity contribution in [2.24, 2.45) is 10.8 Å². The normalized spacial score (nSPS) is 25.2. The predicted octanol–water partition coefficient (Wildman–Crippen LogP) is 4.66. The molecular formula is C26H20FNO4. The molecule has 3 aromatic rings. The fraction of sp³-hybridized carbons (Fsp3) is 0.192. The molecule has 1 aliphatic heterocycles. The summed E-state index contributed by atoms with van der Waals surface area (Å²) in [4.78, 5) is 40.6. The summed E-state index contributed by atoms with van der Waals surface area (Å²) in [5.41, 5.74) is -0.710. The summed E-state index contributed by atoms with van der Waals surface area (Å²) in [5.74, 6) is -2.59. The quantitative estimate of drug-likeness (QED) is 0.283. The molecular weight excluding hydrogens is 409 g/mol. The van der Waals surface area contributed by atoms with E-state index in [0.29, 0.717) is 17.0 Å². The van der Waals surface area contributed by atoms with Crippen molar-refractivity contribution >= 4 is 23.3 Å². The highest BCUT2D eigenvalue weighted by Crippen LogP contribution is 2.78. The zero-order chi connectivity index (χ0) is 22.7. The molecule has 1 saturated carbocycles. The SMILES string of the molecule is Cc1ccc(NC(=O)[C@]23C(=O)Oc4ccccc4[C@H]2[C@]3(C)C(=O)c2ccc(F)cc2)cc1. The molecule has 5 rings (SSSR count). The van der Waals surface area contributed by atoms with E-state index in [1.807, 2.05) is 19.1 Å². The summed E-state index contributed by atoms with van der Waals surface area (Å²) in [6.45, 7) is 3.54. The Hall–Kier alpha value is -3.80. The number of nitrogens with one attached hydrogen (secondary N) is 1. The molecule has 6 heteroatoms. The molecule has 0 spiro atoms. The molecule has 1 heterocycles. The summed E-state index contributed by atoms with van der Waals surface area (Å²) in [5, 5.41) is 2.80. The van der Waals surface area contributed by atoms with Gasteiger partial charge in [0.2, 0.25) is 5.91 Å². The Morgan fingerprint density at radius 3 is 2.31 bits per heavy atom. The maximum absolute atomic E-state index is 13.7. The van der Waals surface area contributed by atoms with E-state index >= 15 is 0 Å². The van der Waals surface area contributed by atoms with Gasteiger partial charge in [-0.1, -0.05) is 35.9 Å². The van der Waals surface area contributed by atoms with Gasteiger partial charge in [-0.05, 0) is 56.3 Å². The second-order valence-electron chi connectivity index (χ2n) is 8.53. The second kappa shape index (κ2) is 6.85. The van der Waals surface area contributed by atoms with Crippen LogP contribution in [-0.4, -0.2) is 17.7 Å². The minimum atomic E-state index is -1.72. The second-order valence-corrected chi connectivity index (χ2v) is 8.53. The number of anilines is 1. The maximum Gasteiger partial charge on any atom is 0.328 e. The van der Waals surface area contributed by atoms with Gasteiger partial charge in [-0.3, -0.25) is 14.4 Å². The van der Waals surface area contributed by atoms with Crippen molar-refractivity contribution in [3.8, 4) is 5.75 Å². The van der Waals surface area contributed by atoms with Crippen LogP contribution in [0.1, 0.15) is 34.3 Å². The van der Waals surface area contributed by atoms with Gasteiger partial charge in [-0.2, -0.15) is 0 Å². The molecule has 1 amide bonds. The van der Waals surface area contributed by atoms with Crippen LogP contribution < -0.4 is 10.1 Å². The molecule has 32 heavy (non-hydrogen) atoms. The molecule has 2 aliphatic rings. The Morgan fingerprint density at radius 1 is 0.969 bits per heavy atom. The molecule has 3 aromatic carbocycles. The van der Waals surface area contributed by atoms with Gasteiger partial charge in [0, 0.05) is 22.7 Å². The Morgan fingerprint density at radius 2 is 1.62 bits per heavy atom. The summed E-state index contributed by atoms with van der Waals surface area (Å²) >= 11 is 0. The van der Waals surface area contributed by atoms with E-state index in [2.05, 4.69) is 5.32 Å². The first kappa shape index (κ1) is 20.1. The van der Waals surface area contributed by atoms with Crippen molar-refractivity contribution < 1.29 is 23.5 Å². The lowest BCUT2D eigenvalue weighted by Gasteiger charge is -2.23.